The number of carbonyl (C=O) groups is 2. The Hall–Kier alpha value is -1.56. The van der Waals surface area contributed by atoms with Gasteiger partial charge in [0.25, 0.3) is 6.16 Å². The predicted octanol–water partition coefficient (Wildman–Crippen LogP) is -0.249. The van der Waals surface area contributed by atoms with Crippen LogP contribution in [0.25, 0.3) is 0 Å². The van der Waals surface area contributed by atoms with Crippen molar-refractivity contribution < 1.29 is 23.9 Å². The summed E-state index contributed by atoms with van der Waals surface area (Å²) in [5.41, 5.74) is 0.574. The Labute approximate surface area is 109 Å². The first-order chi connectivity index (χ1) is 8.10. The average molecular weight is 260 g/mol. The molecule has 0 aromatic carbocycles. The zero-order valence-electron chi connectivity index (χ0n) is 11.9. The van der Waals surface area contributed by atoms with Gasteiger partial charge < -0.3 is 24.4 Å². The van der Waals surface area contributed by atoms with E-state index in [0.717, 1.165) is 31.1 Å². The molecule has 0 aromatic heterocycles. The maximum absolute atomic E-state index is 11.1. The van der Waals surface area contributed by atoms with Gasteiger partial charge in [-0.1, -0.05) is 6.58 Å². The van der Waals surface area contributed by atoms with Gasteiger partial charge in [-0.05, 0) is 6.92 Å². The Bertz CT molecular complexity index is 282. The number of carboxylic acid groups (broad SMARTS) is 1. The van der Waals surface area contributed by atoms with Crippen LogP contribution in [-0.4, -0.2) is 57.9 Å². The van der Waals surface area contributed by atoms with Crippen molar-refractivity contribution in [3.63, 3.8) is 0 Å². The first kappa shape index (κ1) is 18.8. The van der Waals surface area contributed by atoms with Gasteiger partial charge in [0.2, 0.25) is 5.91 Å². The first-order valence-corrected chi connectivity index (χ1v) is 5.59. The first-order valence-electron chi connectivity index (χ1n) is 5.59. The van der Waals surface area contributed by atoms with E-state index in [1.54, 1.807) is 6.92 Å². The van der Waals surface area contributed by atoms with Crippen molar-refractivity contribution in [2.45, 2.75) is 13.3 Å². The number of ether oxygens (including phenoxy) is 1. The minimum atomic E-state index is -1.50. The molecule has 0 aromatic rings. The third-order valence-corrected chi connectivity index (χ3v) is 1.85. The minimum Gasteiger partial charge on any atom is -0.553 e. The van der Waals surface area contributed by atoms with E-state index >= 15 is 0 Å². The summed E-state index contributed by atoms with van der Waals surface area (Å²) >= 11 is 0. The molecule has 1 amide bonds. The second-order valence-corrected chi connectivity index (χ2v) is 4.86. The number of carbonyl (C=O) groups excluding carboxylic acids is 2. The Morgan fingerprint density at radius 2 is 1.78 bits per heavy atom. The lowest BCUT2D eigenvalue weighted by molar-refractivity contribution is -0.870. The van der Waals surface area contributed by atoms with Crippen LogP contribution >= 0.6 is 0 Å². The number of rotatable bonds is 5. The lowest BCUT2D eigenvalue weighted by atomic mass is 10.3. The minimum absolute atomic E-state index is 0.0404. The van der Waals surface area contributed by atoms with Crippen LogP contribution in [-0.2, 0) is 9.53 Å². The van der Waals surface area contributed by atoms with E-state index in [1.165, 1.54) is 0 Å². The summed E-state index contributed by atoms with van der Waals surface area (Å²) < 4.78 is 4.49. The molecule has 18 heavy (non-hydrogen) atoms. The van der Waals surface area contributed by atoms with E-state index < -0.39 is 6.16 Å². The summed E-state index contributed by atoms with van der Waals surface area (Å²) in [6, 6.07) is 0. The largest absolute Gasteiger partial charge is 0.553 e. The second kappa shape index (κ2) is 9.47. The molecule has 0 unspecified atom stereocenters. The summed E-state index contributed by atoms with van der Waals surface area (Å²) in [7, 11) is 7.46. The van der Waals surface area contributed by atoms with E-state index in [1.807, 2.05) is 0 Å². The number of nitrogens with one attached hydrogen (secondary N) is 1. The fraction of sp³-hybridized carbons (Fsp3) is 0.667. The number of hydrogen-bond acceptors (Lipinski definition) is 4. The quantitative estimate of drug-likeness (QED) is 0.320. The normalized spacial score (nSPS) is 9.83. The van der Waals surface area contributed by atoms with Crippen LogP contribution < -0.4 is 10.4 Å². The topological polar surface area (TPSA) is 78.5 Å². The molecule has 0 rings (SSSR count). The molecule has 0 aliphatic rings. The molecule has 0 bridgehead atoms. The van der Waals surface area contributed by atoms with E-state index in [0.29, 0.717) is 5.57 Å². The monoisotopic (exact) mass is 260 g/mol. The summed E-state index contributed by atoms with van der Waals surface area (Å²) in [5.74, 6) is -0.0404. The van der Waals surface area contributed by atoms with Gasteiger partial charge in [0, 0.05) is 25.6 Å². The predicted molar refractivity (Wildman–Crippen MR) is 67.7 cm³/mol. The SMILES string of the molecule is C=C(C)C(=O)NCCC[N+](C)(C)C.COC(=O)[O-]. The summed E-state index contributed by atoms with van der Waals surface area (Å²) in [5, 5.41) is 11.8. The summed E-state index contributed by atoms with van der Waals surface area (Å²) in [4.78, 5) is 20.1. The highest BCUT2D eigenvalue weighted by Crippen LogP contribution is 1.92. The molecule has 0 aliphatic heterocycles. The van der Waals surface area contributed by atoms with Crippen LogP contribution in [0.3, 0.4) is 0 Å². The van der Waals surface area contributed by atoms with E-state index in [4.69, 9.17) is 9.90 Å². The van der Waals surface area contributed by atoms with Crippen molar-refractivity contribution >= 4 is 12.1 Å². The Balaban J connectivity index is 0. The Morgan fingerprint density at radius 1 is 1.33 bits per heavy atom. The second-order valence-electron chi connectivity index (χ2n) is 4.86. The summed E-state index contributed by atoms with van der Waals surface area (Å²) in [6.45, 7) is 7.09. The molecule has 1 N–H and O–H groups in total. The van der Waals surface area contributed by atoms with Crippen molar-refractivity contribution in [1.29, 1.82) is 0 Å². The fourth-order valence-corrected chi connectivity index (χ4v) is 0.906. The highest BCUT2D eigenvalue weighted by atomic mass is 16.6. The number of quaternary nitrogens is 1. The van der Waals surface area contributed by atoms with Crippen LogP contribution in [0.2, 0.25) is 0 Å². The molecular formula is C12H24N2O4. The van der Waals surface area contributed by atoms with Crippen molar-refractivity contribution in [3.05, 3.63) is 12.2 Å². The smallest absolute Gasteiger partial charge is 0.251 e. The van der Waals surface area contributed by atoms with Crippen LogP contribution in [0.15, 0.2) is 12.2 Å². The third-order valence-electron chi connectivity index (χ3n) is 1.85. The highest BCUT2D eigenvalue weighted by molar-refractivity contribution is 5.91. The van der Waals surface area contributed by atoms with Gasteiger partial charge >= 0.3 is 0 Å². The van der Waals surface area contributed by atoms with Gasteiger partial charge in [-0.15, -0.1) is 0 Å². The lowest BCUT2D eigenvalue weighted by Gasteiger charge is -2.23. The molecule has 0 aliphatic carbocycles. The highest BCUT2D eigenvalue weighted by Gasteiger charge is 2.06. The van der Waals surface area contributed by atoms with Crippen LogP contribution in [0.4, 0.5) is 4.79 Å². The molecule has 0 radical (unpaired) electrons. The standard InChI is InChI=1S/C10H20N2O.C2H4O3/c1-9(2)10(13)11-7-6-8-12(3,4)5;1-5-2(3)4/h1,6-8H2,2-5H3;1H3,(H,3,4). The molecule has 0 heterocycles. The zero-order chi connectivity index (χ0) is 14.8. The molecule has 0 spiro atoms. The Kier molecular flexibility index (Phi) is 9.89. The lowest BCUT2D eigenvalue weighted by Crippen LogP contribution is -2.37. The maximum Gasteiger partial charge on any atom is 0.251 e. The molecule has 0 saturated carbocycles. The van der Waals surface area contributed by atoms with Crippen LogP contribution in [0, 0.1) is 0 Å². The third kappa shape index (κ3) is 16.9. The number of methoxy groups -OCH3 is 1. The molecule has 0 saturated heterocycles. The van der Waals surface area contributed by atoms with Crippen molar-refractivity contribution in [2.75, 3.05) is 41.3 Å². The maximum atomic E-state index is 11.1. The molecule has 106 valence electrons. The molecule has 0 atom stereocenters. The van der Waals surface area contributed by atoms with E-state index in [-0.39, 0.29) is 5.91 Å². The average Bonchev–Trinajstić information content (AvgIpc) is 2.23. The van der Waals surface area contributed by atoms with Crippen LogP contribution in [0.5, 0.6) is 0 Å². The zero-order valence-corrected chi connectivity index (χ0v) is 11.9. The fourth-order valence-electron chi connectivity index (χ4n) is 0.906. The van der Waals surface area contributed by atoms with Crippen molar-refractivity contribution in [2.24, 2.45) is 0 Å². The summed E-state index contributed by atoms with van der Waals surface area (Å²) in [6.07, 6.45) is -0.493. The van der Waals surface area contributed by atoms with E-state index in [9.17, 15) is 4.79 Å². The molecular weight excluding hydrogens is 236 g/mol. The van der Waals surface area contributed by atoms with Gasteiger partial charge in [-0.2, -0.15) is 0 Å². The number of nitrogens with zero attached hydrogens (tertiary/aromatic N) is 1. The number of hydrogen-bond donors (Lipinski definition) is 1. The Morgan fingerprint density at radius 3 is 2.06 bits per heavy atom. The van der Waals surface area contributed by atoms with Gasteiger partial charge in [0.05, 0.1) is 27.7 Å². The van der Waals surface area contributed by atoms with E-state index in [2.05, 4.69) is 37.8 Å². The molecule has 6 heteroatoms. The van der Waals surface area contributed by atoms with Gasteiger partial charge in [-0.25, -0.2) is 0 Å². The van der Waals surface area contributed by atoms with Gasteiger partial charge in [0.1, 0.15) is 0 Å². The van der Waals surface area contributed by atoms with Gasteiger partial charge in [-0.3, -0.25) is 4.79 Å². The van der Waals surface area contributed by atoms with Crippen LogP contribution in [0.1, 0.15) is 13.3 Å². The van der Waals surface area contributed by atoms with Gasteiger partial charge in [0.15, 0.2) is 0 Å². The van der Waals surface area contributed by atoms with Crippen molar-refractivity contribution in [3.8, 4) is 0 Å². The molecule has 6 nitrogen and oxygen atoms in total. The number of amides is 1. The van der Waals surface area contributed by atoms with Crippen molar-refractivity contribution in [1.82, 2.24) is 5.32 Å². The molecule has 0 fully saturated rings.